The number of hydrogen-bond acceptors (Lipinski definition) is 5. The molecule has 0 radical (unpaired) electrons. The van der Waals surface area contributed by atoms with E-state index in [2.05, 4.69) is 27.1 Å². The number of amides is 1. The molecule has 2 N–H and O–H groups in total. The van der Waals surface area contributed by atoms with Gasteiger partial charge >= 0.3 is 0 Å². The number of hydrogen-bond donors (Lipinski definition) is 2. The molecule has 0 spiro atoms. The number of likely N-dealkylation sites (tertiary alicyclic amines) is 1. The molecule has 1 heterocycles. The van der Waals surface area contributed by atoms with E-state index >= 15 is 0 Å². The van der Waals surface area contributed by atoms with Crippen molar-refractivity contribution < 1.29 is 30.4 Å². The molecule has 0 bridgehead atoms. The second-order valence-electron chi connectivity index (χ2n) is 8.79. The van der Waals surface area contributed by atoms with Gasteiger partial charge < -0.3 is 22.5 Å². The third kappa shape index (κ3) is 6.78. The van der Waals surface area contributed by atoms with Crippen molar-refractivity contribution in [2.24, 2.45) is 0 Å². The molecule has 1 aliphatic heterocycles. The fourth-order valence-electron chi connectivity index (χ4n) is 4.29. The molecule has 3 aromatic carbocycles. The maximum absolute atomic E-state index is 13.1. The number of carbonyl (C=O) groups excluding carboxylic acids is 1. The fourth-order valence-corrected chi connectivity index (χ4v) is 5.38. The van der Waals surface area contributed by atoms with Crippen LogP contribution in [0.5, 0.6) is 5.75 Å². The number of ether oxygens (including phenoxy) is 1. The van der Waals surface area contributed by atoms with Crippen molar-refractivity contribution in [1.29, 1.82) is 0 Å². The van der Waals surface area contributed by atoms with Crippen LogP contribution >= 0.6 is 0 Å². The zero-order valence-electron chi connectivity index (χ0n) is 20.4. The second-order valence-corrected chi connectivity index (χ2v) is 10.5. The van der Waals surface area contributed by atoms with Gasteiger partial charge in [-0.05, 0) is 55.2 Å². The number of benzene rings is 3. The summed E-state index contributed by atoms with van der Waals surface area (Å²) in [6.07, 6.45) is 1.70. The van der Waals surface area contributed by atoms with Gasteiger partial charge in [0.25, 0.3) is 15.9 Å². The molecule has 0 unspecified atom stereocenters. The highest BCUT2D eigenvalue weighted by molar-refractivity contribution is 7.92. The maximum Gasteiger partial charge on any atom is 0.262 e. The normalized spacial score (nSPS) is 14.5. The third-order valence-corrected chi connectivity index (χ3v) is 7.65. The SMILES string of the molecule is COc1ccccc1NS(=O)(=O)c1ccc(C)c(C(=O)NC2CCN(Cc3ccccc3)CC2)c1.[Cl-]. The summed E-state index contributed by atoms with van der Waals surface area (Å²) < 4.78 is 33.9. The Morgan fingerprint density at radius 2 is 1.67 bits per heavy atom. The number of nitrogens with zero attached hydrogens (tertiary/aromatic N) is 1. The maximum atomic E-state index is 13.1. The quantitative estimate of drug-likeness (QED) is 0.459. The zero-order chi connectivity index (χ0) is 24.8. The molecule has 1 fully saturated rings. The van der Waals surface area contributed by atoms with E-state index in [0.29, 0.717) is 17.0 Å². The van der Waals surface area contributed by atoms with E-state index in [1.54, 1.807) is 37.3 Å². The molecular formula is C27H31ClN3O4S-. The van der Waals surface area contributed by atoms with E-state index in [1.807, 2.05) is 18.2 Å². The van der Waals surface area contributed by atoms with Gasteiger partial charge in [-0.25, -0.2) is 8.42 Å². The lowest BCUT2D eigenvalue weighted by molar-refractivity contribution is -0.0000188. The number of nitrogens with one attached hydrogen (secondary N) is 2. The van der Waals surface area contributed by atoms with Crippen LogP contribution in [0.1, 0.15) is 34.3 Å². The van der Waals surface area contributed by atoms with E-state index in [9.17, 15) is 13.2 Å². The molecule has 0 aromatic heterocycles. The van der Waals surface area contributed by atoms with Crippen molar-refractivity contribution in [1.82, 2.24) is 10.2 Å². The number of rotatable bonds is 8. The Balaban J connectivity index is 0.00000361. The smallest absolute Gasteiger partial charge is 0.262 e. The van der Waals surface area contributed by atoms with Crippen molar-refractivity contribution >= 4 is 21.6 Å². The van der Waals surface area contributed by atoms with E-state index in [-0.39, 0.29) is 29.3 Å². The second kappa shape index (κ2) is 12.3. The molecule has 1 amide bonds. The highest BCUT2D eigenvalue weighted by Gasteiger charge is 2.24. The van der Waals surface area contributed by atoms with E-state index in [1.165, 1.54) is 24.8 Å². The Hall–Kier alpha value is -3.07. The summed E-state index contributed by atoms with van der Waals surface area (Å²) in [6, 6.07) is 21.8. The molecule has 4 rings (SSSR count). The molecule has 1 aliphatic rings. The Morgan fingerprint density at radius 3 is 2.36 bits per heavy atom. The lowest BCUT2D eigenvalue weighted by atomic mass is 10.0. The zero-order valence-corrected chi connectivity index (χ0v) is 22.0. The summed E-state index contributed by atoms with van der Waals surface area (Å²) >= 11 is 0. The number of piperidine rings is 1. The number of sulfonamides is 1. The minimum Gasteiger partial charge on any atom is -1.00 e. The highest BCUT2D eigenvalue weighted by Crippen LogP contribution is 2.27. The Bertz CT molecular complexity index is 1280. The molecule has 0 aliphatic carbocycles. The lowest BCUT2D eigenvalue weighted by Gasteiger charge is -2.32. The van der Waals surface area contributed by atoms with Crippen molar-refractivity contribution in [2.75, 3.05) is 24.9 Å². The Morgan fingerprint density at radius 1 is 1.00 bits per heavy atom. The van der Waals surface area contributed by atoms with Gasteiger partial charge in [0.1, 0.15) is 5.75 Å². The molecular weight excluding hydrogens is 498 g/mol. The number of carbonyl (C=O) groups is 1. The monoisotopic (exact) mass is 528 g/mol. The molecule has 36 heavy (non-hydrogen) atoms. The van der Waals surface area contributed by atoms with Crippen LogP contribution in [-0.4, -0.2) is 45.5 Å². The van der Waals surface area contributed by atoms with Crippen molar-refractivity contribution in [3.63, 3.8) is 0 Å². The Kier molecular flexibility index (Phi) is 9.37. The number of para-hydroxylation sites is 2. The van der Waals surface area contributed by atoms with Crippen LogP contribution in [0, 0.1) is 6.92 Å². The van der Waals surface area contributed by atoms with Crippen LogP contribution in [0.3, 0.4) is 0 Å². The van der Waals surface area contributed by atoms with Gasteiger partial charge in [0.15, 0.2) is 0 Å². The molecule has 9 heteroatoms. The Labute approximate surface area is 219 Å². The van der Waals surface area contributed by atoms with Gasteiger partial charge in [0.2, 0.25) is 0 Å². The van der Waals surface area contributed by atoms with Crippen molar-refractivity contribution in [3.8, 4) is 5.75 Å². The summed E-state index contributed by atoms with van der Waals surface area (Å²) in [5.41, 5.74) is 2.70. The summed E-state index contributed by atoms with van der Waals surface area (Å²) in [5.74, 6) is 0.165. The van der Waals surface area contributed by atoms with Gasteiger partial charge in [-0.3, -0.25) is 14.4 Å². The van der Waals surface area contributed by atoms with Crippen LogP contribution in [0.4, 0.5) is 5.69 Å². The number of anilines is 1. The average molecular weight is 529 g/mol. The first-order valence-electron chi connectivity index (χ1n) is 11.7. The van der Waals surface area contributed by atoms with Gasteiger partial charge in [0, 0.05) is 31.2 Å². The van der Waals surface area contributed by atoms with E-state index in [0.717, 1.165) is 38.0 Å². The molecule has 192 valence electrons. The number of halogens is 1. The van der Waals surface area contributed by atoms with Crippen molar-refractivity contribution in [3.05, 3.63) is 89.5 Å². The summed E-state index contributed by atoms with van der Waals surface area (Å²) in [6.45, 7) is 4.51. The van der Waals surface area contributed by atoms with E-state index in [4.69, 9.17) is 4.74 Å². The first-order valence-corrected chi connectivity index (χ1v) is 13.2. The fraction of sp³-hybridized carbons (Fsp3) is 0.296. The molecule has 0 atom stereocenters. The molecule has 1 saturated heterocycles. The predicted molar refractivity (Wildman–Crippen MR) is 137 cm³/mol. The molecule has 0 saturated carbocycles. The highest BCUT2D eigenvalue weighted by atomic mass is 35.5. The minimum atomic E-state index is -3.91. The van der Waals surface area contributed by atoms with Crippen LogP contribution < -0.4 is 27.2 Å². The van der Waals surface area contributed by atoms with Crippen LogP contribution in [0.25, 0.3) is 0 Å². The predicted octanol–water partition coefficient (Wildman–Crippen LogP) is 1.20. The van der Waals surface area contributed by atoms with Gasteiger partial charge in [-0.15, -0.1) is 0 Å². The van der Waals surface area contributed by atoms with Crippen LogP contribution in [0.15, 0.2) is 77.7 Å². The lowest BCUT2D eigenvalue weighted by Crippen LogP contribution is -3.00. The standard InChI is InChI=1S/C27H31N3O4S.ClH/c1-20-12-13-23(35(32,33)29-25-10-6-7-11-26(25)34-2)18-24(20)27(31)28-22-14-16-30(17-15-22)19-21-8-4-3-5-9-21;/h3-13,18,22,29H,14-17,19H2,1-2H3,(H,28,31);1H/p-1. The number of aryl methyl sites for hydroxylation is 1. The first-order chi connectivity index (χ1) is 16.9. The average Bonchev–Trinajstić information content (AvgIpc) is 2.86. The topological polar surface area (TPSA) is 87.7 Å². The first kappa shape index (κ1) is 27.5. The summed E-state index contributed by atoms with van der Waals surface area (Å²) in [5, 5.41) is 3.11. The molecule has 3 aromatic rings. The largest absolute Gasteiger partial charge is 1.00 e. The van der Waals surface area contributed by atoms with Gasteiger partial charge in [-0.2, -0.15) is 0 Å². The minimum absolute atomic E-state index is 0. The van der Waals surface area contributed by atoms with E-state index < -0.39 is 10.0 Å². The van der Waals surface area contributed by atoms with Gasteiger partial charge in [-0.1, -0.05) is 48.5 Å². The summed E-state index contributed by atoms with van der Waals surface area (Å²) in [7, 11) is -2.43. The third-order valence-electron chi connectivity index (χ3n) is 6.29. The van der Waals surface area contributed by atoms with Crippen LogP contribution in [-0.2, 0) is 16.6 Å². The van der Waals surface area contributed by atoms with Crippen molar-refractivity contribution in [2.45, 2.75) is 37.2 Å². The molecule has 7 nitrogen and oxygen atoms in total. The summed E-state index contributed by atoms with van der Waals surface area (Å²) in [4.78, 5) is 15.5. The van der Waals surface area contributed by atoms with Gasteiger partial charge in [0.05, 0.1) is 17.7 Å². The number of methoxy groups -OCH3 is 1. The van der Waals surface area contributed by atoms with Crippen LogP contribution in [0.2, 0.25) is 0 Å².